The molecule has 2 aromatic carbocycles. The Kier molecular flexibility index (Phi) is 5.12. The first kappa shape index (κ1) is 14.5. The third-order valence-electron chi connectivity index (χ3n) is 2.73. The predicted molar refractivity (Wildman–Crippen MR) is 78.6 cm³/mol. The van der Waals surface area contributed by atoms with E-state index in [1.165, 1.54) is 12.1 Å². The van der Waals surface area contributed by atoms with E-state index in [9.17, 15) is 8.60 Å². The summed E-state index contributed by atoms with van der Waals surface area (Å²) in [5, 5.41) is 0. The van der Waals surface area contributed by atoms with E-state index in [-0.39, 0.29) is 5.82 Å². The highest BCUT2D eigenvalue weighted by Gasteiger charge is 2.04. The molecule has 0 aliphatic rings. The summed E-state index contributed by atoms with van der Waals surface area (Å²) < 4.78 is 30.2. The topological polar surface area (TPSA) is 52.3 Å². The number of hydrogen-bond acceptors (Lipinski definition) is 3. The lowest BCUT2D eigenvalue weighted by Gasteiger charge is -2.08. The van der Waals surface area contributed by atoms with Crippen LogP contribution < -0.4 is 10.5 Å². The van der Waals surface area contributed by atoms with Crippen LogP contribution in [0.2, 0.25) is 0 Å². The van der Waals surface area contributed by atoms with Crippen molar-refractivity contribution >= 4 is 16.5 Å². The van der Waals surface area contributed by atoms with E-state index in [0.29, 0.717) is 35.1 Å². The molecule has 0 saturated heterocycles. The fourth-order valence-corrected chi connectivity index (χ4v) is 2.74. The minimum absolute atomic E-state index is 0.325. The van der Waals surface area contributed by atoms with Crippen molar-refractivity contribution in [1.82, 2.24) is 0 Å². The van der Waals surface area contributed by atoms with Crippen LogP contribution in [0, 0.1) is 5.82 Å². The Morgan fingerprint density at radius 1 is 1.10 bits per heavy atom. The van der Waals surface area contributed by atoms with Gasteiger partial charge in [0.15, 0.2) is 0 Å². The molecule has 0 aliphatic carbocycles. The van der Waals surface area contributed by atoms with Gasteiger partial charge in [-0.1, -0.05) is 12.1 Å². The van der Waals surface area contributed by atoms with Crippen LogP contribution >= 0.6 is 0 Å². The standard InChI is InChI=1S/C15H16FNO2S/c16-12-6-8-13(9-7-12)20(18)11-3-10-19-15-5-2-1-4-14(15)17/h1-2,4-9H,3,10-11,17H2. The van der Waals surface area contributed by atoms with Crippen molar-refractivity contribution in [2.75, 3.05) is 18.1 Å². The summed E-state index contributed by atoms with van der Waals surface area (Å²) in [5.41, 5.74) is 6.34. The van der Waals surface area contributed by atoms with Gasteiger partial charge in [0.2, 0.25) is 0 Å². The van der Waals surface area contributed by atoms with Gasteiger partial charge >= 0.3 is 0 Å². The molecule has 1 unspecified atom stereocenters. The fraction of sp³-hybridized carbons (Fsp3) is 0.200. The van der Waals surface area contributed by atoms with Gasteiger partial charge in [-0.15, -0.1) is 0 Å². The molecule has 0 fully saturated rings. The van der Waals surface area contributed by atoms with Crippen molar-refractivity contribution < 1.29 is 13.3 Å². The van der Waals surface area contributed by atoms with Gasteiger partial charge in [0.25, 0.3) is 0 Å². The molecule has 0 amide bonds. The van der Waals surface area contributed by atoms with E-state index in [2.05, 4.69) is 0 Å². The molecule has 2 aromatic rings. The van der Waals surface area contributed by atoms with Crippen molar-refractivity contribution in [3.05, 3.63) is 54.3 Å². The van der Waals surface area contributed by atoms with Crippen LogP contribution in [0.15, 0.2) is 53.4 Å². The van der Waals surface area contributed by atoms with Gasteiger partial charge in [0, 0.05) is 10.6 Å². The first-order valence-corrected chi connectivity index (χ1v) is 7.60. The summed E-state index contributed by atoms with van der Waals surface area (Å²) in [6, 6.07) is 13.0. The van der Waals surface area contributed by atoms with E-state index in [1.807, 2.05) is 12.1 Å². The Labute approximate surface area is 120 Å². The summed E-state index contributed by atoms with van der Waals surface area (Å²) >= 11 is 0. The minimum atomic E-state index is -1.13. The molecule has 0 aliphatic heterocycles. The molecule has 2 N–H and O–H groups in total. The average Bonchev–Trinajstić information content (AvgIpc) is 2.46. The molecule has 0 spiro atoms. The first-order valence-electron chi connectivity index (χ1n) is 6.28. The number of hydrogen-bond donors (Lipinski definition) is 1. The number of ether oxygens (including phenoxy) is 1. The number of para-hydroxylation sites is 2. The zero-order valence-electron chi connectivity index (χ0n) is 10.9. The van der Waals surface area contributed by atoms with Crippen molar-refractivity contribution in [1.29, 1.82) is 0 Å². The largest absolute Gasteiger partial charge is 0.491 e. The number of nitrogens with two attached hydrogens (primary N) is 1. The molecular formula is C15H16FNO2S. The fourth-order valence-electron chi connectivity index (χ4n) is 1.69. The molecule has 3 nitrogen and oxygen atoms in total. The normalized spacial score (nSPS) is 12.1. The van der Waals surface area contributed by atoms with E-state index in [4.69, 9.17) is 10.5 Å². The second-order valence-corrected chi connectivity index (χ2v) is 5.81. The molecule has 0 aromatic heterocycles. The van der Waals surface area contributed by atoms with Crippen LogP contribution in [0.5, 0.6) is 5.75 Å². The SMILES string of the molecule is Nc1ccccc1OCCCS(=O)c1ccc(F)cc1. The highest BCUT2D eigenvalue weighted by molar-refractivity contribution is 7.85. The molecule has 0 radical (unpaired) electrons. The second kappa shape index (κ2) is 7.05. The zero-order valence-corrected chi connectivity index (χ0v) is 11.7. The Morgan fingerprint density at radius 3 is 2.50 bits per heavy atom. The molecule has 1 atom stereocenters. The van der Waals surface area contributed by atoms with Gasteiger partial charge in [0.05, 0.1) is 23.1 Å². The van der Waals surface area contributed by atoms with E-state index in [0.717, 1.165) is 0 Å². The number of halogens is 1. The van der Waals surface area contributed by atoms with Crippen LogP contribution in [0.1, 0.15) is 6.42 Å². The molecule has 106 valence electrons. The zero-order chi connectivity index (χ0) is 14.4. The Morgan fingerprint density at radius 2 is 1.80 bits per heavy atom. The summed E-state index contributed by atoms with van der Waals surface area (Å²) in [5.74, 6) is 0.784. The third-order valence-corrected chi connectivity index (χ3v) is 4.18. The highest BCUT2D eigenvalue weighted by atomic mass is 32.2. The minimum Gasteiger partial charge on any atom is -0.491 e. The maximum absolute atomic E-state index is 12.8. The number of anilines is 1. The molecule has 0 saturated carbocycles. The first-order chi connectivity index (χ1) is 9.66. The van der Waals surface area contributed by atoms with Gasteiger partial charge < -0.3 is 10.5 Å². The van der Waals surface area contributed by atoms with Crippen molar-refractivity contribution in [2.45, 2.75) is 11.3 Å². The van der Waals surface area contributed by atoms with E-state index >= 15 is 0 Å². The monoisotopic (exact) mass is 293 g/mol. The van der Waals surface area contributed by atoms with Crippen LogP contribution in [0.25, 0.3) is 0 Å². The van der Waals surface area contributed by atoms with E-state index < -0.39 is 10.8 Å². The highest BCUT2D eigenvalue weighted by Crippen LogP contribution is 2.19. The second-order valence-electron chi connectivity index (χ2n) is 4.24. The predicted octanol–water partition coefficient (Wildman–Crippen LogP) is 2.98. The molecule has 0 bridgehead atoms. The number of nitrogen functional groups attached to an aromatic ring is 1. The van der Waals surface area contributed by atoms with Crippen molar-refractivity contribution in [3.63, 3.8) is 0 Å². The van der Waals surface area contributed by atoms with Crippen LogP contribution in [0.4, 0.5) is 10.1 Å². The van der Waals surface area contributed by atoms with Crippen molar-refractivity contribution in [3.8, 4) is 5.75 Å². The Balaban J connectivity index is 1.77. The van der Waals surface area contributed by atoms with Gasteiger partial charge in [-0.2, -0.15) is 0 Å². The van der Waals surface area contributed by atoms with Gasteiger partial charge in [-0.05, 0) is 42.8 Å². The smallest absolute Gasteiger partial charge is 0.142 e. The molecular weight excluding hydrogens is 277 g/mol. The number of benzene rings is 2. The Hall–Kier alpha value is -1.88. The van der Waals surface area contributed by atoms with E-state index in [1.54, 1.807) is 24.3 Å². The molecule has 5 heteroatoms. The molecule has 2 rings (SSSR count). The quantitative estimate of drug-likeness (QED) is 0.658. The third kappa shape index (κ3) is 4.06. The van der Waals surface area contributed by atoms with Crippen LogP contribution in [-0.4, -0.2) is 16.6 Å². The molecule has 20 heavy (non-hydrogen) atoms. The molecule has 0 heterocycles. The lowest BCUT2D eigenvalue weighted by Crippen LogP contribution is -2.06. The van der Waals surface area contributed by atoms with Crippen LogP contribution in [0.3, 0.4) is 0 Å². The lowest BCUT2D eigenvalue weighted by atomic mass is 10.3. The van der Waals surface area contributed by atoms with Gasteiger partial charge in [0.1, 0.15) is 11.6 Å². The van der Waals surface area contributed by atoms with Crippen LogP contribution in [-0.2, 0) is 10.8 Å². The summed E-state index contributed by atoms with van der Waals surface area (Å²) in [6.45, 7) is 0.446. The van der Waals surface area contributed by atoms with Crippen molar-refractivity contribution in [2.24, 2.45) is 0 Å². The summed E-state index contributed by atoms with van der Waals surface area (Å²) in [4.78, 5) is 0.630. The summed E-state index contributed by atoms with van der Waals surface area (Å²) in [7, 11) is -1.13. The maximum atomic E-state index is 12.8. The lowest BCUT2D eigenvalue weighted by molar-refractivity contribution is 0.320. The number of rotatable bonds is 6. The summed E-state index contributed by atoms with van der Waals surface area (Å²) in [6.07, 6.45) is 0.637. The Bertz CT molecular complexity index is 587. The average molecular weight is 293 g/mol. The van der Waals surface area contributed by atoms with Gasteiger partial charge in [-0.25, -0.2) is 4.39 Å². The van der Waals surface area contributed by atoms with Gasteiger partial charge in [-0.3, -0.25) is 4.21 Å². The maximum Gasteiger partial charge on any atom is 0.142 e.